The van der Waals surface area contributed by atoms with Gasteiger partial charge in [0.25, 0.3) is 11.9 Å². The Kier molecular flexibility index (Phi) is 2.83. The molecule has 1 amide bonds. The SMILES string of the molecule is O=C(Nc1nn[nH]n1)c1cnc(=O)n2c1sc1cc3c(cc12)COO3. The minimum absolute atomic E-state index is 0.0278. The van der Waals surface area contributed by atoms with Crippen LogP contribution in [0.5, 0.6) is 5.75 Å². The highest BCUT2D eigenvalue weighted by Gasteiger charge is 2.21. The quantitative estimate of drug-likeness (QED) is 0.495. The van der Waals surface area contributed by atoms with Crippen molar-refractivity contribution in [3.05, 3.63) is 39.9 Å². The fourth-order valence-corrected chi connectivity index (χ4v) is 3.75. The van der Waals surface area contributed by atoms with Gasteiger partial charge in [-0.25, -0.2) is 14.2 Å². The molecule has 0 bridgehead atoms. The summed E-state index contributed by atoms with van der Waals surface area (Å²) in [5, 5.41) is 15.4. The van der Waals surface area contributed by atoms with Crippen molar-refractivity contribution in [3.8, 4) is 5.75 Å². The highest BCUT2D eigenvalue weighted by atomic mass is 32.1. The number of anilines is 1. The van der Waals surface area contributed by atoms with E-state index in [0.717, 1.165) is 10.3 Å². The van der Waals surface area contributed by atoms with E-state index in [2.05, 4.69) is 30.9 Å². The Morgan fingerprint density at radius 3 is 3.16 bits per heavy atom. The molecular weight excluding hydrogens is 350 g/mol. The van der Waals surface area contributed by atoms with Gasteiger partial charge in [-0.05, 0) is 11.3 Å². The monoisotopic (exact) mass is 357 g/mol. The van der Waals surface area contributed by atoms with E-state index in [1.807, 2.05) is 0 Å². The fourth-order valence-electron chi connectivity index (χ4n) is 2.59. The van der Waals surface area contributed by atoms with Crippen molar-refractivity contribution in [2.75, 3.05) is 5.32 Å². The van der Waals surface area contributed by atoms with Crippen LogP contribution in [0.25, 0.3) is 15.0 Å². The van der Waals surface area contributed by atoms with Crippen LogP contribution in [0.3, 0.4) is 0 Å². The lowest BCUT2D eigenvalue weighted by Gasteiger charge is -2.02. The molecule has 1 aliphatic heterocycles. The number of thiazole rings is 1. The van der Waals surface area contributed by atoms with E-state index >= 15 is 0 Å². The van der Waals surface area contributed by atoms with Crippen LogP contribution in [0, 0.1) is 0 Å². The van der Waals surface area contributed by atoms with E-state index in [4.69, 9.17) is 9.78 Å². The average Bonchev–Trinajstić information content (AvgIpc) is 3.31. The van der Waals surface area contributed by atoms with Gasteiger partial charge in [0, 0.05) is 17.8 Å². The van der Waals surface area contributed by atoms with Crippen LogP contribution >= 0.6 is 11.3 Å². The highest BCUT2D eigenvalue weighted by molar-refractivity contribution is 7.24. The first-order chi connectivity index (χ1) is 12.2. The lowest BCUT2D eigenvalue weighted by molar-refractivity contribution is -0.194. The third kappa shape index (κ3) is 2.08. The zero-order valence-electron chi connectivity index (χ0n) is 12.2. The molecule has 2 N–H and O–H groups in total. The van der Waals surface area contributed by atoms with Crippen LogP contribution in [0.15, 0.2) is 23.1 Å². The van der Waals surface area contributed by atoms with Gasteiger partial charge in [-0.1, -0.05) is 5.10 Å². The first-order valence-electron chi connectivity index (χ1n) is 7.02. The number of nitrogens with one attached hydrogen (secondary N) is 2. The third-order valence-electron chi connectivity index (χ3n) is 3.70. The zero-order valence-corrected chi connectivity index (χ0v) is 13.0. The molecular formula is C13H7N7O4S. The molecule has 11 nitrogen and oxygen atoms in total. The van der Waals surface area contributed by atoms with Gasteiger partial charge in [-0.15, -0.1) is 16.4 Å². The summed E-state index contributed by atoms with van der Waals surface area (Å²) in [6.07, 6.45) is 1.23. The fraction of sp³-hybridized carbons (Fsp3) is 0.0769. The zero-order chi connectivity index (χ0) is 17.0. The average molecular weight is 357 g/mol. The molecule has 12 heteroatoms. The molecule has 3 aromatic heterocycles. The number of nitrogens with zero attached hydrogens (tertiary/aromatic N) is 5. The van der Waals surface area contributed by atoms with Gasteiger partial charge in [0.2, 0.25) is 0 Å². The van der Waals surface area contributed by atoms with Gasteiger partial charge < -0.3 is 4.89 Å². The van der Waals surface area contributed by atoms with Gasteiger partial charge in [0.1, 0.15) is 11.4 Å². The molecule has 1 aromatic carbocycles. The normalized spacial score (nSPS) is 13.1. The van der Waals surface area contributed by atoms with Crippen LogP contribution in [-0.4, -0.2) is 35.9 Å². The lowest BCUT2D eigenvalue weighted by atomic mass is 10.2. The molecule has 0 atom stereocenters. The number of benzene rings is 1. The summed E-state index contributed by atoms with van der Waals surface area (Å²) >= 11 is 1.27. The summed E-state index contributed by atoms with van der Waals surface area (Å²) in [7, 11) is 0. The number of aromatic nitrogens is 6. The summed E-state index contributed by atoms with van der Waals surface area (Å²) in [6.45, 7) is 0.294. The molecule has 0 unspecified atom stereocenters. The molecule has 0 saturated heterocycles. The highest BCUT2D eigenvalue weighted by Crippen LogP contribution is 2.35. The summed E-state index contributed by atoms with van der Waals surface area (Å²) in [5.41, 5.74) is 1.21. The number of carbonyl (C=O) groups is 1. The maximum absolute atomic E-state index is 12.5. The summed E-state index contributed by atoms with van der Waals surface area (Å²) in [6, 6.07) is 3.57. The van der Waals surface area contributed by atoms with Gasteiger partial charge in [0.05, 0.1) is 15.8 Å². The number of fused-ring (bicyclic) bond motifs is 4. The number of hydrogen-bond acceptors (Lipinski definition) is 9. The van der Waals surface area contributed by atoms with Crippen molar-refractivity contribution >= 4 is 38.2 Å². The van der Waals surface area contributed by atoms with Crippen molar-refractivity contribution in [2.45, 2.75) is 6.61 Å². The van der Waals surface area contributed by atoms with Crippen LogP contribution in [0.2, 0.25) is 0 Å². The van der Waals surface area contributed by atoms with E-state index < -0.39 is 11.6 Å². The second-order valence-electron chi connectivity index (χ2n) is 5.16. The van der Waals surface area contributed by atoms with Crippen LogP contribution in [0.1, 0.15) is 15.9 Å². The second-order valence-corrected chi connectivity index (χ2v) is 6.19. The third-order valence-corrected chi connectivity index (χ3v) is 4.84. The Balaban J connectivity index is 1.73. The van der Waals surface area contributed by atoms with E-state index in [0.29, 0.717) is 22.7 Å². The van der Waals surface area contributed by atoms with Crippen molar-refractivity contribution < 1.29 is 14.6 Å². The number of amides is 1. The van der Waals surface area contributed by atoms with Crippen LogP contribution in [0.4, 0.5) is 5.95 Å². The van der Waals surface area contributed by atoms with E-state index in [9.17, 15) is 9.59 Å². The van der Waals surface area contributed by atoms with E-state index in [1.165, 1.54) is 21.9 Å². The molecule has 0 spiro atoms. The molecule has 4 aromatic rings. The summed E-state index contributed by atoms with van der Waals surface area (Å²) < 4.78 is 2.16. The van der Waals surface area contributed by atoms with Crippen molar-refractivity contribution in [1.29, 1.82) is 0 Å². The number of rotatable bonds is 2. The minimum Gasteiger partial charge on any atom is -0.337 e. The number of carbonyl (C=O) groups excluding carboxylic acids is 1. The van der Waals surface area contributed by atoms with E-state index in [-0.39, 0.29) is 11.5 Å². The molecule has 0 aliphatic carbocycles. The van der Waals surface area contributed by atoms with Crippen molar-refractivity contribution in [3.63, 3.8) is 0 Å². The molecule has 1 aliphatic rings. The number of aromatic amines is 1. The number of tetrazole rings is 1. The summed E-state index contributed by atoms with van der Waals surface area (Å²) in [5.74, 6) is 0.128. The Bertz CT molecular complexity index is 1200. The molecule has 0 saturated carbocycles. The van der Waals surface area contributed by atoms with Crippen LogP contribution in [-0.2, 0) is 11.5 Å². The Morgan fingerprint density at radius 2 is 2.32 bits per heavy atom. The Morgan fingerprint density at radius 1 is 1.40 bits per heavy atom. The first-order valence-corrected chi connectivity index (χ1v) is 7.84. The minimum atomic E-state index is -0.495. The molecule has 0 radical (unpaired) electrons. The predicted molar refractivity (Wildman–Crippen MR) is 84.4 cm³/mol. The smallest absolute Gasteiger partial charge is 0.337 e. The standard InChI is InChI=1S/C13H7N7O4S/c21-10(15-12-16-18-19-17-12)6-3-14-13(22)20-7-1-5-4-23-24-8(5)2-9(7)25-11(6)20/h1-3H,4H2,(H2,15,16,17,18,19,21). The lowest BCUT2D eigenvalue weighted by Crippen LogP contribution is -2.21. The van der Waals surface area contributed by atoms with Gasteiger partial charge in [-0.3, -0.25) is 10.1 Å². The maximum atomic E-state index is 12.5. The molecule has 4 heterocycles. The van der Waals surface area contributed by atoms with Crippen molar-refractivity contribution in [2.24, 2.45) is 0 Å². The Hall–Kier alpha value is -3.38. The number of H-pyrrole nitrogens is 1. The molecule has 25 heavy (non-hydrogen) atoms. The Labute approximate surface area is 141 Å². The second kappa shape index (κ2) is 5.06. The van der Waals surface area contributed by atoms with Gasteiger partial charge >= 0.3 is 5.69 Å². The van der Waals surface area contributed by atoms with Crippen molar-refractivity contribution in [1.82, 2.24) is 30.0 Å². The molecule has 124 valence electrons. The van der Waals surface area contributed by atoms with Crippen LogP contribution < -0.4 is 15.9 Å². The first kappa shape index (κ1) is 14.0. The molecule has 0 fully saturated rings. The molecule has 5 rings (SSSR count). The largest absolute Gasteiger partial charge is 0.353 e. The predicted octanol–water partition coefficient (Wildman–Crippen LogP) is 0.499. The van der Waals surface area contributed by atoms with Gasteiger partial charge in [-0.2, -0.15) is 10.1 Å². The number of hydrogen-bond donors (Lipinski definition) is 2. The maximum Gasteiger partial charge on any atom is 0.353 e. The topological polar surface area (TPSA) is 136 Å². The van der Waals surface area contributed by atoms with E-state index in [1.54, 1.807) is 12.1 Å². The van der Waals surface area contributed by atoms with Gasteiger partial charge in [0.15, 0.2) is 5.75 Å². The summed E-state index contributed by atoms with van der Waals surface area (Å²) in [4.78, 5) is 39.0.